The van der Waals surface area contributed by atoms with Crippen LogP contribution in [0.15, 0.2) is 18.2 Å². The van der Waals surface area contributed by atoms with Crippen molar-refractivity contribution in [3.8, 4) is 17.6 Å². The van der Waals surface area contributed by atoms with E-state index in [-0.39, 0.29) is 19.0 Å². The molecule has 0 atom stereocenters. The van der Waals surface area contributed by atoms with Gasteiger partial charge in [0, 0.05) is 12.6 Å². The van der Waals surface area contributed by atoms with Gasteiger partial charge in [-0.25, -0.2) is 0 Å². The van der Waals surface area contributed by atoms with E-state index in [1.165, 1.54) is 0 Å². The fourth-order valence-corrected chi connectivity index (χ4v) is 1.38. The zero-order valence-corrected chi connectivity index (χ0v) is 10.9. The van der Waals surface area contributed by atoms with Gasteiger partial charge in [-0.15, -0.1) is 0 Å². The summed E-state index contributed by atoms with van der Waals surface area (Å²) < 4.78 is 5.38. The Morgan fingerprint density at radius 1 is 1.39 bits per heavy atom. The zero-order valence-electron chi connectivity index (χ0n) is 10.9. The van der Waals surface area contributed by atoms with Gasteiger partial charge in [0.15, 0.2) is 0 Å². The molecule has 1 aromatic rings. The van der Waals surface area contributed by atoms with E-state index in [0.29, 0.717) is 11.3 Å². The number of anilines is 1. The Kier molecular flexibility index (Phi) is 5.02. The molecule has 18 heavy (non-hydrogen) atoms. The summed E-state index contributed by atoms with van der Waals surface area (Å²) in [4.78, 5) is 0. The molecule has 0 bridgehead atoms. The summed E-state index contributed by atoms with van der Waals surface area (Å²) in [6.07, 6.45) is 0. The number of hydrogen-bond acceptors (Lipinski definition) is 4. The molecule has 4 nitrogen and oxygen atoms in total. The van der Waals surface area contributed by atoms with Crippen LogP contribution in [0.2, 0.25) is 0 Å². The average Bonchev–Trinajstić information content (AvgIpc) is 2.34. The van der Waals surface area contributed by atoms with Crippen LogP contribution in [-0.4, -0.2) is 36.1 Å². The number of phenols is 1. The van der Waals surface area contributed by atoms with Crippen molar-refractivity contribution in [1.82, 2.24) is 0 Å². The fraction of sp³-hybridized carbons (Fsp3) is 0.429. The predicted octanol–water partition coefficient (Wildman–Crippen LogP) is 1.57. The van der Waals surface area contributed by atoms with Crippen molar-refractivity contribution in [2.45, 2.75) is 19.4 Å². The van der Waals surface area contributed by atoms with E-state index in [9.17, 15) is 5.11 Å². The minimum absolute atomic E-state index is 0.0250. The van der Waals surface area contributed by atoms with Gasteiger partial charge >= 0.3 is 0 Å². The highest BCUT2D eigenvalue weighted by atomic mass is 16.5. The van der Waals surface area contributed by atoms with Crippen LogP contribution >= 0.6 is 0 Å². The van der Waals surface area contributed by atoms with Gasteiger partial charge in [-0.2, -0.15) is 0 Å². The van der Waals surface area contributed by atoms with Crippen LogP contribution in [0, 0.1) is 11.8 Å². The first-order valence-electron chi connectivity index (χ1n) is 5.77. The molecule has 0 saturated heterocycles. The normalized spacial score (nSPS) is 10.7. The summed E-state index contributed by atoms with van der Waals surface area (Å²) in [6.45, 7) is 3.89. The summed E-state index contributed by atoms with van der Waals surface area (Å²) in [5, 5.41) is 21.2. The molecular formula is C14H19NO3. The van der Waals surface area contributed by atoms with Crippen molar-refractivity contribution >= 4 is 5.69 Å². The third-order valence-electron chi connectivity index (χ3n) is 2.33. The van der Waals surface area contributed by atoms with E-state index >= 15 is 0 Å². The SMILES string of the molecule is CNc1ccc(C#CC(C)(C)OCCO)cc1O. The molecule has 3 N–H and O–H groups in total. The summed E-state index contributed by atoms with van der Waals surface area (Å²) in [6, 6.07) is 5.18. The molecule has 4 heteroatoms. The quantitative estimate of drug-likeness (QED) is 0.560. The van der Waals surface area contributed by atoms with Gasteiger partial charge in [0.2, 0.25) is 0 Å². The molecule has 0 aliphatic rings. The highest BCUT2D eigenvalue weighted by Crippen LogP contribution is 2.23. The number of benzene rings is 1. The monoisotopic (exact) mass is 249 g/mol. The molecule has 0 spiro atoms. The highest BCUT2D eigenvalue weighted by molar-refractivity contribution is 5.58. The summed E-state index contributed by atoms with van der Waals surface area (Å²) >= 11 is 0. The van der Waals surface area contributed by atoms with Crippen LogP contribution in [0.1, 0.15) is 19.4 Å². The number of aliphatic hydroxyl groups excluding tert-OH is 1. The second-order valence-corrected chi connectivity index (χ2v) is 4.31. The standard InChI is InChI=1S/C14H19NO3/c1-14(2,18-9-8-16)7-6-11-4-5-12(15-3)13(17)10-11/h4-5,10,15-17H,8-9H2,1-3H3. The van der Waals surface area contributed by atoms with Gasteiger partial charge in [0.1, 0.15) is 11.4 Å². The van der Waals surface area contributed by atoms with Gasteiger partial charge in [0.05, 0.1) is 18.9 Å². The first kappa shape index (κ1) is 14.4. The van der Waals surface area contributed by atoms with E-state index in [2.05, 4.69) is 17.2 Å². The number of aromatic hydroxyl groups is 1. The maximum atomic E-state index is 9.67. The molecule has 0 aromatic heterocycles. The van der Waals surface area contributed by atoms with E-state index in [1.807, 2.05) is 19.9 Å². The molecule has 0 saturated carbocycles. The van der Waals surface area contributed by atoms with Crippen molar-refractivity contribution in [1.29, 1.82) is 0 Å². The van der Waals surface area contributed by atoms with Gasteiger partial charge in [-0.3, -0.25) is 0 Å². The molecule has 0 aliphatic heterocycles. The Balaban J connectivity index is 2.82. The van der Waals surface area contributed by atoms with Gasteiger partial charge < -0.3 is 20.3 Å². The van der Waals surface area contributed by atoms with E-state index < -0.39 is 5.60 Å². The van der Waals surface area contributed by atoms with Gasteiger partial charge in [-0.1, -0.05) is 11.8 Å². The lowest BCUT2D eigenvalue weighted by molar-refractivity contribution is 0.00604. The van der Waals surface area contributed by atoms with Crippen LogP contribution in [0.3, 0.4) is 0 Å². The smallest absolute Gasteiger partial charge is 0.139 e. The van der Waals surface area contributed by atoms with Crippen LogP contribution in [-0.2, 0) is 4.74 Å². The Bertz CT molecular complexity index is 458. The Labute approximate surface area is 108 Å². The Hall–Kier alpha value is -1.70. The fourth-order valence-electron chi connectivity index (χ4n) is 1.38. The maximum absolute atomic E-state index is 9.67. The average molecular weight is 249 g/mol. The number of nitrogens with one attached hydrogen (secondary N) is 1. The predicted molar refractivity (Wildman–Crippen MR) is 71.6 cm³/mol. The van der Waals surface area contributed by atoms with E-state index in [1.54, 1.807) is 19.2 Å². The Morgan fingerprint density at radius 2 is 2.11 bits per heavy atom. The van der Waals surface area contributed by atoms with Crippen molar-refractivity contribution in [3.63, 3.8) is 0 Å². The molecule has 0 unspecified atom stereocenters. The largest absolute Gasteiger partial charge is 0.506 e. The number of ether oxygens (including phenoxy) is 1. The topological polar surface area (TPSA) is 61.7 Å². The lowest BCUT2D eigenvalue weighted by atomic mass is 10.1. The number of hydrogen-bond donors (Lipinski definition) is 3. The second kappa shape index (κ2) is 6.29. The first-order valence-corrected chi connectivity index (χ1v) is 5.77. The first-order chi connectivity index (χ1) is 8.48. The highest BCUT2D eigenvalue weighted by Gasteiger charge is 2.13. The lowest BCUT2D eigenvalue weighted by Gasteiger charge is -2.17. The molecule has 0 radical (unpaired) electrons. The van der Waals surface area contributed by atoms with Gasteiger partial charge in [-0.05, 0) is 32.0 Å². The zero-order chi connectivity index (χ0) is 13.6. The number of aliphatic hydroxyl groups is 1. The van der Waals surface area contributed by atoms with Crippen LogP contribution in [0.5, 0.6) is 5.75 Å². The van der Waals surface area contributed by atoms with E-state index in [4.69, 9.17) is 9.84 Å². The van der Waals surface area contributed by atoms with Crippen molar-refractivity contribution < 1.29 is 14.9 Å². The molecule has 0 aliphatic carbocycles. The van der Waals surface area contributed by atoms with Gasteiger partial charge in [0.25, 0.3) is 0 Å². The third-order valence-corrected chi connectivity index (χ3v) is 2.33. The van der Waals surface area contributed by atoms with E-state index in [0.717, 1.165) is 0 Å². The maximum Gasteiger partial charge on any atom is 0.139 e. The molecule has 98 valence electrons. The Morgan fingerprint density at radius 3 is 2.67 bits per heavy atom. The number of phenolic OH excluding ortho intramolecular Hbond substituents is 1. The number of rotatable bonds is 4. The van der Waals surface area contributed by atoms with Crippen LogP contribution in [0.4, 0.5) is 5.69 Å². The minimum atomic E-state index is -0.625. The minimum Gasteiger partial charge on any atom is -0.506 e. The molecule has 0 heterocycles. The van der Waals surface area contributed by atoms with Crippen molar-refractivity contribution in [3.05, 3.63) is 23.8 Å². The van der Waals surface area contributed by atoms with Crippen molar-refractivity contribution in [2.24, 2.45) is 0 Å². The summed E-state index contributed by atoms with van der Waals surface area (Å²) in [5.41, 5.74) is 0.753. The second-order valence-electron chi connectivity index (χ2n) is 4.31. The molecule has 1 rings (SSSR count). The summed E-state index contributed by atoms with van der Waals surface area (Å²) in [5.74, 6) is 6.07. The van der Waals surface area contributed by atoms with Crippen LogP contribution in [0.25, 0.3) is 0 Å². The molecular weight excluding hydrogens is 230 g/mol. The lowest BCUT2D eigenvalue weighted by Crippen LogP contribution is -2.23. The molecule has 0 amide bonds. The molecule has 1 aromatic carbocycles. The molecule has 0 fully saturated rings. The third kappa shape index (κ3) is 4.28. The van der Waals surface area contributed by atoms with Crippen molar-refractivity contribution in [2.75, 3.05) is 25.6 Å². The van der Waals surface area contributed by atoms with Crippen LogP contribution < -0.4 is 5.32 Å². The summed E-state index contributed by atoms with van der Waals surface area (Å²) in [7, 11) is 1.74.